The molecule has 0 spiro atoms. The number of hydrogen-bond acceptors (Lipinski definition) is 8. The standard InChI is InChI=1S/C29H34N6O3S/c1-18-12-19-14-24(39-27(19)23(13-18)38-2)22-16-35(29-26(22)28(30)31-17-32-29)20-5-11-34(15-20)25(37)4-3-8-33-9-6-21(36)7-10-33/h3-4,12-14,16-17,20-21,36H,5-11,15H2,1-2H3,(H2,30,31,32)/b4-3+. The number of carbonyl (C=O) groups is 1. The van der Waals surface area contributed by atoms with E-state index >= 15 is 0 Å². The minimum atomic E-state index is -0.190. The van der Waals surface area contributed by atoms with Crippen molar-refractivity contribution in [2.45, 2.75) is 38.3 Å². The number of hydrogen-bond donors (Lipinski definition) is 2. The Bertz CT molecular complexity index is 1550. The van der Waals surface area contributed by atoms with Gasteiger partial charge >= 0.3 is 0 Å². The highest BCUT2D eigenvalue weighted by atomic mass is 32.1. The van der Waals surface area contributed by atoms with Crippen molar-refractivity contribution in [1.29, 1.82) is 0 Å². The van der Waals surface area contributed by atoms with E-state index in [1.54, 1.807) is 24.5 Å². The molecule has 4 aromatic rings. The van der Waals surface area contributed by atoms with Gasteiger partial charge in [0.15, 0.2) is 0 Å². The van der Waals surface area contributed by atoms with Crippen LogP contribution in [-0.2, 0) is 4.79 Å². The minimum absolute atomic E-state index is 0.0346. The molecule has 3 aromatic heterocycles. The smallest absolute Gasteiger partial charge is 0.246 e. The van der Waals surface area contributed by atoms with Gasteiger partial charge in [0.25, 0.3) is 0 Å². The Hall–Kier alpha value is -3.47. The number of ether oxygens (including phenoxy) is 1. The number of benzene rings is 1. The third kappa shape index (κ3) is 4.99. The van der Waals surface area contributed by atoms with Gasteiger partial charge in [0.2, 0.25) is 5.91 Å². The van der Waals surface area contributed by atoms with Gasteiger partial charge in [-0.25, -0.2) is 9.97 Å². The fourth-order valence-corrected chi connectivity index (χ4v) is 6.95. The quantitative estimate of drug-likeness (QED) is 0.352. The van der Waals surface area contributed by atoms with E-state index in [-0.39, 0.29) is 18.1 Å². The van der Waals surface area contributed by atoms with Crippen LogP contribution in [0.1, 0.15) is 30.9 Å². The normalized spacial score (nSPS) is 19.2. The number of aliphatic hydroxyl groups excluding tert-OH is 1. The van der Waals surface area contributed by atoms with E-state index in [0.717, 1.165) is 81.8 Å². The van der Waals surface area contributed by atoms with Crippen molar-refractivity contribution in [1.82, 2.24) is 24.3 Å². The fraction of sp³-hybridized carbons (Fsp3) is 0.414. The number of thiophene rings is 1. The number of likely N-dealkylation sites (tertiary alicyclic amines) is 2. The van der Waals surface area contributed by atoms with Gasteiger partial charge in [-0.15, -0.1) is 11.3 Å². The van der Waals surface area contributed by atoms with Gasteiger partial charge in [-0.3, -0.25) is 9.69 Å². The van der Waals surface area contributed by atoms with E-state index in [2.05, 4.69) is 50.8 Å². The van der Waals surface area contributed by atoms with Crippen LogP contribution >= 0.6 is 11.3 Å². The van der Waals surface area contributed by atoms with Crippen LogP contribution in [0.15, 0.2) is 42.9 Å². The summed E-state index contributed by atoms with van der Waals surface area (Å²) in [4.78, 5) is 27.1. The summed E-state index contributed by atoms with van der Waals surface area (Å²) in [6.45, 7) is 5.84. The molecule has 1 unspecified atom stereocenters. The van der Waals surface area contributed by atoms with Gasteiger partial charge in [-0.1, -0.05) is 12.1 Å². The van der Waals surface area contributed by atoms with Gasteiger partial charge in [0.05, 0.1) is 29.3 Å². The zero-order chi connectivity index (χ0) is 27.1. The van der Waals surface area contributed by atoms with Crippen molar-refractivity contribution in [3.05, 3.63) is 48.4 Å². The number of rotatable bonds is 6. The van der Waals surface area contributed by atoms with Crippen LogP contribution in [0.5, 0.6) is 5.75 Å². The number of nitrogens with two attached hydrogens (primary N) is 1. The number of anilines is 1. The second-order valence-electron chi connectivity index (χ2n) is 10.6. The molecule has 0 saturated carbocycles. The molecule has 0 aliphatic carbocycles. The van der Waals surface area contributed by atoms with Crippen molar-refractivity contribution in [2.75, 3.05) is 45.6 Å². The predicted molar refractivity (Wildman–Crippen MR) is 155 cm³/mol. The molecule has 1 amide bonds. The van der Waals surface area contributed by atoms with Gasteiger partial charge in [-0.05, 0) is 49.3 Å². The molecule has 2 saturated heterocycles. The number of piperidine rings is 1. The average Bonchev–Trinajstić information content (AvgIpc) is 3.66. The van der Waals surface area contributed by atoms with Crippen LogP contribution in [0.3, 0.4) is 0 Å². The molecule has 9 nitrogen and oxygen atoms in total. The van der Waals surface area contributed by atoms with Crippen molar-refractivity contribution in [3.8, 4) is 16.2 Å². The van der Waals surface area contributed by atoms with E-state index in [4.69, 9.17) is 10.5 Å². The summed E-state index contributed by atoms with van der Waals surface area (Å²) < 4.78 is 8.93. The van der Waals surface area contributed by atoms with Gasteiger partial charge in [0, 0.05) is 55.4 Å². The summed E-state index contributed by atoms with van der Waals surface area (Å²) in [5.74, 6) is 1.35. The maximum Gasteiger partial charge on any atom is 0.246 e. The van der Waals surface area contributed by atoms with Crippen LogP contribution in [0.4, 0.5) is 5.82 Å². The highest BCUT2D eigenvalue weighted by Gasteiger charge is 2.29. The monoisotopic (exact) mass is 546 g/mol. The third-order valence-electron chi connectivity index (χ3n) is 7.90. The molecular formula is C29H34N6O3S. The van der Waals surface area contributed by atoms with Crippen LogP contribution in [0.2, 0.25) is 0 Å². The van der Waals surface area contributed by atoms with Crippen LogP contribution in [0, 0.1) is 6.92 Å². The molecule has 1 atom stereocenters. The Morgan fingerprint density at radius 1 is 1.21 bits per heavy atom. The van der Waals surface area contributed by atoms with Crippen molar-refractivity contribution < 1.29 is 14.6 Å². The van der Waals surface area contributed by atoms with Gasteiger partial charge < -0.3 is 25.0 Å². The average molecular weight is 547 g/mol. The van der Waals surface area contributed by atoms with Crippen molar-refractivity contribution in [2.24, 2.45) is 0 Å². The number of nitrogens with zero attached hydrogens (tertiary/aromatic N) is 5. The molecular weight excluding hydrogens is 512 g/mol. The second-order valence-corrected chi connectivity index (χ2v) is 11.6. The zero-order valence-electron chi connectivity index (χ0n) is 22.3. The zero-order valence-corrected chi connectivity index (χ0v) is 23.2. The third-order valence-corrected chi connectivity index (χ3v) is 9.10. The van der Waals surface area contributed by atoms with E-state index in [9.17, 15) is 9.90 Å². The second kappa shape index (κ2) is 10.6. The number of aromatic nitrogens is 3. The largest absolute Gasteiger partial charge is 0.495 e. The number of methoxy groups -OCH3 is 1. The molecule has 10 heteroatoms. The van der Waals surface area contributed by atoms with Crippen molar-refractivity contribution >= 4 is 44.2 Å². The Balaban J connectivity index is 1.24. The Labute approximate surface area is 231 Å². The molecule has 3 N–H and O–H groups in total. The first-order valence-electron chi connectivity index (χ1n) is 13.5. The Kier molecular flexibility index (Phi) is 7.01. The first-order valence-corrected chi connectivity index (χ1v) is 14.3. The minimum Gasteiger partial charge on any atom is -0.495 e. The van der Waals surface area contributed by atoms with E-state index in [1.165, 1.54) is 6.33 Å². The molecule has 39 heavy (non-hydrogen) atoms. The number of fused-ring (bicyclic) bond motifs is 2. The lowest BCUT2D eigenvalue weighted by molar-refractivity contribution is -0.125. The first-order chi connectivity index (χ1) is 18.9. The van der Waals surface area contributed by atoms with Gasteiger partial charge in [-0.2, -0.15) is 0 Å². The highest BCUT2D eigenvalue weighted by molar-refractivity contribution is 7.22. The van der Waals surface area contributed by atoms with E-state index in [0.29, 0.717) is 18.9 Å². The SMILES string of the molecule is COc1cc(C)cc2cc(-c3cn(C4CCN(C(=O)/C=C/CN5CCC(O)CC5)C4)c4ncnc(N)c34)sc12. The fourth-order valence-electron chi connectivity index (χ4n) is 5.80. The summed E-state index contributed by atoms with van der Waals surface area (Å²) in [6, 6.07) is 6.50. The summed E-state index contributed by atoms with van der Waals surface area (Å²) in [6.07, 6.45) is 9.52. The topological polar surface area (TPSA) is 110 Å². The lowest BCUT2D eigenvalue weighted by atomic mass is 10.1. The number of amides is 1. The highest BCUT2D eigenvalue weighted by Crippen LogP contribution is 2.43. The van der Waals surface area contributed by atoms with E-state index in [1.807, 2.05) is 11.0 Å². The lowest BCUT2D eigenvalue weighted by Gasteiger charge is -2.28. The molecule has 0 radical (unpaired) electrons. The van der Waals surface area contributed by atoms with Crippen LogP contribution in [-0.4, -0.2) is 81.3 Å². The maximum absolute atomic E-state index is 13.0. The van der Waals surface area contributed by atoms with Crippen LogP contribution < -0.4 is 10.5 Å². The Morgan fingerprint density at radius 3 is 2.82 bits per heavy atom. The molecule has 0 bridgehead atoms. The molecule has 204 valence electrons. The number of aliphatic hydroxyl groups is 1. The summed E-state index contributed by atoms with van der Waals surface area (Å²) in [7, 11) is 1.70. The number of aryl methyl sites for hydroxylation is 1. The lowest BCUT2D eigenvalue weighted by Crippen LogP contribution is -2.36. The number of carbonyl (C=O) groups excluding carboxylic acids is 1. The van der Waals surface area contributed by atoms with E-state index < -0.39 is 0 Å². The molecule has 1 aromatic carbocycles. The molecule has 2 aliphatic rings. The van der Waals surface area contributed by atoms with Crippen LogP contribution in [0.25, 0.3) is 31.6 Å². The Morgan fingerprint density at radius 2 is 2.03 bits per heavy atom. The summed E-state index contributed by atoms with van der Waals surface area (Å²) >= 11 is 1.68. The molecule has 2 fully saturated rings. The molecule has 2 aliphatic heterocycles. The molecule has 5 heterocycles. The van der Waals surface area contributed by atoms with Crippen molar-refractivity contribution in [3.63, 3.8) is 0 Å². The first kappa shape index (κ1) is 25.8. The predicted octanol–water partition coefficient (Wildman–Crippen LogP) is 4.00. The number of nitrogen functional groups attached to an aromatic ring is 1. The summed E-state index contributed by atoms with van der Waals surface area (Å²) in [5.41, 5.74) is 9.34. The summed E-state index contributed by atoms with van der Waals surface area (Å²) in [5, 5.41) is 11.7. The molecule has 6 rings (SSSR count). The maximum atomic E-state index is 13.0. The van der Waals surface area contributed by atoms with Gasteiger partial charge in [0.1, 0.15) is 23.5 Å².